The molecule has 9 nitrogen and oxygen atoms in total. The van der Waals surface area contributed by atoms with Crippen LogP contribution in [0, 0.1) is 28.7 Å². The Hall–Kier alpha value is -5.60. The smallest absolute Gasteiger partial charge is 0.265 e. The van der Waals surface area contributed by atoms with Crippen LogP contribution in [0.5, 0.6) is 0 Å². The molecule has 278 valence electrons. The Labute approximate surface area is 312 Å². The van der Waals surface area contributed by atoms with Gasteiger partial charge in [0.2, 0.25) is 0 Å². The van der Waals surface area contributed by atoms with Crippen molar-refractivity contribution in [1.82, 2.24) is 4.98 Å². The zero-order chi connectivity index (χ0) is 38.0. The van der Waals surface area contributed by atoms with Gasteiger partial charge in [-0.1, -0.05) is 6.07 Å². The van der Waals surface area contributed by atoms with E-state index in [2.05, 4.69) is 20.5 Å². The number of pyridine rings is 1. The second-order valence-electron chi connectivity index (χ2n) is 13.3. The molecule has 2 fully saturated rings. The van der Waals surface area contributed by atoms with E-state index in [1.54, 1.807) is 43.6 Å². The van der Waals surface area contributed by atoms with Crippen LogP contribution >= 0.6 is 11.3 Å². The van der Waals surface area contributed by atoms with Crippen molar-refractivity contribution in [1.29, 1.82) is 0 Å². The van der Waals surface area contributed by atoms with Gasteiger partial charge in [-0.05, 0) is 85.5 Å². The van der Waals surface area contributed by atoms with E-state index < -0.39 is 40.8 Å². The maximum atomic E-state index is 14.4. The van der Waals surface area contributed by atoms with Gasteiger partial charge in [-0.15, -0.1) is 11.3 Å². The number of fused-ring (bicyclic) bond motifs is 3. The lowest BCUT2D eigenvalue weighted by molar-refractivity contribution is -0.000498. The van der Waals surface area contributed by atoms with Crippen molar-refractivity contribution >= 4 is 52.3 Å². The van der Waals surface area contributed by atoms with Crippen LogP contribution in [0.3, 0.4) is 0 Å². The molecule has 2 aromatic heterocycles. The standard InChI is InChI=1S/C27H19F4N3O2S.C13H16N2O2/c1-32-16-7-5-14(6-8-16)27(36)34-10-9-15-11-23(26(35)33-24-18(28)3-2-4-19(24)29)37-25(15)17-12-20(30)21(31)13-22(17)34;16-8-11-2-1-5-14-12(11)15-9-13(10-15)3-6-17-7-4-13/h2-8,11-13,32H,9-10H2,1H3,(H,33,35);1-2,5,8H,3-4,6-7,9-10H2. The number of nitrogens with zero attached hydrogens (tertiary/aromatic N) is 3. The zero-order valence-electron chi connectivity index (χ0n) is 29.1. The first-order chi connectivity index (χ1) is 26.1. The number of aldehydes is 1. The average molecular weight is 758 g/mol. The number of nitrogens with one attached hydrogen (secondary N) is 2. The second-order valence-corrected chi connectivity index (χ2v) is 14.4. The summed E-state index contributed by atoms with van der Waals surface area (Å²) in [6.07, 6.45) is 5.18. The van der Waals surface area contributed by atoms with Crippen molar-refractivity contribution in [2.45, 2.75) is 19.3 Å². The molecule has 0 atom stereocenters. The number of rotatable bonds is 6. The van der Waals surface area contributed by atoms with Gasteiger partial charge >= 0.3 is 0 Å². The molecule has 3 aliphatic rings. The van der Waals surface area contributed by atoms with Crippen molar-refractivity contribution in [3.05, 3.63) is 124 Å². The number of hydrogen-bond donors (Lipinski definition) is 2. The number of para-hydroxylation sites is 1. The lowest BCUT2D eigenvalue weighted by Gasteiger charge is -2.52. The maximum Gasteiger partial charge on any atom is 0.265 e. The Morgan fingerprint density at radius 3 is 2.30 bits per heavy atom. The Balaban J connectivity index is 0.000000219. The summed E-state index contributed by atoms with van der Waals surface area (Å²) in [5, 5.41) is 5.21. The molecule has 2 amide bonds. The lowest BCUT2D eigenvalue weighted by atomic mass is 9.73. The molecular formula is C40H35F4N5O4S. The highest BCUT2D eigenvalue weighted by Crippen LogP contribution is 2.44. The van der Waals surface area contributed by atoms with Gasteiger partial charge in [0.1, 0.15) is 23.1 Å². The summed E-state index contributed by atoms with van der Waals surface area (Å²) < 4.78 is 62.2. The summed E-state index contributed by atoms with van der Waals surface area (Å²) in [7, 11) is 1.75. The minimum atomic E-state index is -1.12. The summed E-state index contributed by atoms with van der Waals surface area (Å²) in [4.78, 5) is 45.7. The van der Waals surface area contributed by atoms with Crippen LogP contribution in [-0.4, -0.2) is 63.0 Å². The van der Waals surface area contributed by atoms with Crippen molar-refractivity contribution in [3.8, 4) is 10.4 Å². The molecule has 5 aromatic rings. The van der Waals surface area contributed by atoms with Crippen LogP contribution in [0.2, 0.25) is 0 Å². The third-order valence-corrected chi connectivity index (χ3v) is 11.1. The number of thiophene rings is 1. The van der Waals surface area contributed by atoms with E-state index in [9.17, 15) is 31.9 Å². The van der Waals surface area contributed by atoms with Crippen LogP contribution in [0.25, 0.3) is 10.4 Å². The normalized spacial score (nSPS) is 15.5. The molecule has 14 heteroatoms. The first-order valence-electron chi connectivity index (χ1n) is 17.3. The fourth-order valence-electron chi connectivity index (χ4n) is 6.99. The molecule has 0 aliphatic carbocycles. The van der Waals surface area contributed by atoms with Crippen molar-refractivity contribution in [3.63, 3.8) is 0 Å². The highest BCUT2D eigenvalue weighted by molar-refractivity contribution is 7.17. The van der Waals surface area contributed by atoms with E-state index >= 15 is 0 Å². The Morgan fingerprint density at radius 2 is 1.61 bits per heavy atom. The molecular weight excluding hydrogens is 723 g/mol. The van der Waals surface area contributed by atoms with Gasteiger partial charge in [0.15, 0.2) is 17.9 Å². The van der Waals surface area contributed by atoms with Crippen LogP contribution < -0.4 is 20.4 Å². The molecule has 0 unspecified atom stereocenters. The molecule has 8 rings (SSSR count). The molecule has 3 aliphatic heterocycles. The summed E-state index contributed by atoms with van der Waals surface area (Å²) in [6.45, 7) is 3.90. The van der Waals surface area contributed by atoms with Crippen LogP contribution in [0.1, 0.15) is 48.8 Å². The topological polar surface area (TPSA) is 104 Å². The highest BCUT2D eigenvalue weighted by atomic mass is 32.1. The maximum absolute atomic E-state index is 14.4. The molecule has 5 heterocycles. The molecule has 0 bridgehead atoms. The largest absolute Gasteiger partial charge is 0.388 e. The minimum absolute atomic E-state index is 0.130. The fourth-order valence-corrected chi connectivity index (χ4v) is 8.12. The molecule has 2 N–H and O–H groups in total. The lowest BCUT2D eigenvalue weighted by Crippen LogP contribution is -2.59. The van der Waals surface area contributed by atoms with Gasteiger partial charge in [-0.2, -0.15) is 0 Å². The first-order valence-corrected chi connectivity index (χ1v) is 18.1. The summed E-state index contributed by atoms with van der Waals surface area (Å²) in [5.74, 6) is -4.38. The number of anilines is 4. The number of ether oxygens (including phenoxy) is 1. The predicted octanol–water partition coefficient (Wildman–Crippen LogP) is 7.98. The van der Waals surface area contributed by atoms with E-state index in [0.717, 1.165) is 92.5 Å². The number of amides is 2. The van der Waals surface area contributed by atoms with E-state index in [-0.39, 0.29) is 29.1 Å². The number of hydrogen-bond acceptors (Lipinski definition) is 8. The summed E-state index contributed by atoms with van der Waals surface area (Å²) in [5.41, 5.74) is 2.73. The molecule has 0 radical (unpaired) electrons. The van der Waals surface area contributed by atoms with Gasteiger partial charge in [-0.25, -0.2) is 22.5 Å². The number of carbonyl (C=O) groups is 3. The Kier molecular flexibility index (Phi) is 10.5. The molecule has 0 saturated carbocycles. The molecule has 2 saturated heterocycles. The number of halogens is 4. The van der Waals surface area contributed by atoms with Crippen molar-refractivity contribution in [2.24, 2.45) is 5.41 Å². The predicted molar refractivity (Wildman–Crippen MR) is 200 cm³/mol. The minimum Gasteiger partial charge on any atom is -0.388 e. The van der Waals surface area contributed by atoms with Crippen molar-refractivity contribution in [2.75, 3.05) is 60.3 Å². The molecule has 1 spiro atoms. The second kappa shape index (κ2) is 15.4. The van der Waals surface area contributed by atoms with E-state index in [4.69, 9.17) is 4.74 Å². The summed E-state index contributed by atoms with van der Waals surface area (Å²) in [6, 6.07) is 17.1. The third-order valence-electron chi connectivity index (χ3n) is 9.93. The monoisotopic (exact) mass is 757 g/mol. The van der Waals surface area contributed by atoms with E-state index in [0.29, 0.717) is 27.0 Å². The molecule has 3 aromatic carbocycles. The van der Waals surface area contributed by atoms with Crippen LogP contribution in [-0.2, 0) is 11.2 Å². The van der Waals surface area contributed by atoms with Gasteiger partial charge in [0.25, 0.3) is 11.8 Å². The fraction of sp³-hybridized carbons (Fsp3) is 0.250. The van der Waals surface area contributed by atoms with Gasteiger partial charge in [0, 0.05) is 79.3 Å². The van der Waals surface area contributed by atoms with Gasteiger partial charge in [-0.3, -0.25) is 14.4 Å². The summed E-state index contributed by atoms with van der Waals surface area (Å²) >= 11 is 0.967. The molecule has 54 heavy (non-hydrogen) atoms. The van der Waals surface area contributed by atoms with Gasteiger partial charge < -0.3 is 25.2 Å². The number of benzene rings is 3. The number of aromatic nitrogens is 1. The van der Waals surface area contributed by atoms with E-state index in [1.165, 1.54) is 17.0 Å². The third kappa shape index (κ3) is 7.31. The Bertz CT molecular complexity index is 2200. The zero-order valence-corrected chi connectivity index (χ0v) is 30.0. The van der Waals surface area contributed by atoms with Crippen LogP contribution in [0.15, 0.2) is 79.0 Å². The van der Waals surface area contributed by atoms with Gasteiger partial charge in [0.05, 0.1) is 16.1 Å². The van der Waals surface area contributed by atoms with Crippen molar-refractivity contribution < 1.29 is 36.7 Å². The van der Waals surface area contributed by atoms with E-state index in [1.807, 2.05) is 6.07 Å². The quantitative estimate of drug-likeness (QED) is 0.134. The first kappa shape index (κ1) is 36.7. The number of carbonyl (C=O) groups excluding carboxylic acids is 3. The SMILES string of the molecule is CNc1ccc(C(=O)N2CCc3cc(C(=O)Nc4c(F)cccc4F)sc3-c3cc(F)c(F)cc32)cc1.O=Cc1cccnc1N1CC2(CCOCC2)C1. The average Bonchev–Trinajstić information content (AvgIpc) is 3.55. The Morgan fingerprint density at radius 1 is 0.907 bits per heavy atom. The highest BCUT2D eigenvalue weighted by Gasteiger charge is 2.44. The van der Waals surface area contributed by atoms with Crippen LogP contribution in [0.4, 0.5) is 40.4 Å².